The molecule has 0 aliphatic carbocycles. The molecule has 0 fully saturated rings. The van der Waals surface area contributed by atoms with Crippen molar-refractivity contribution in [1.82, 2.24) is 0 Å². The number of hydrogen-bond acceptors (Lipinski definition) is 2. The summed E-state index contributed by atoms with van der Waals surface area (Å²) in [6.45, 7) is 10.4. The highest BCUT2D eigenvalue weighted by Gasteiger charge is 2.20. The Hall–Kier alpha value is -1.02. The molecule has 1 aromatic carbocycles. The fraction of sp³-hybridized carbons (Fsp3) is 0.571. The first-order valence-electron chi connectivity index (χ1n) is 5.82. The van der Waals surface area contributed by atoms with Gasteiger partial charge >= 0.3 is 0 Å². The lowest BCUT2D eigenvalue weighted by Gasteiger charge is -2.23. The molecule has 0 aliphatic heterocycles. The Morgan fingerprint density at radius 1 is 1.19 bits per heavy atom. The Kier molecular flexibility index (Phi) is 3.64. The van der Waals surface area contributed by atoms with Crippen LogP contribution < -0.4 is 5.73 Å². The van der Waals surface area contributed by atoms with Gasteiger partial charge in [-0.3, -0.25) is 0 Å². The van der Waals surface area contributed by atoms with E-state index in [1.165, 1.54) is 5.56 Å². The maximum Gasteiger partial charge on any atom is 0.119 e. The summed E-state index contributed by atoms with van der Waals surface area (Å²) in [5.41, 5.74) is 8.03. The van der Waals surface area contributed by atoms with Gasteiger partial charge < -0.3 is 10.8 Å². The van der Waals surface area contributed by atoms with Crippen molar-refractivity contribution in [3.05, 3.63) is 29.3 Å². The summed E-state index contributed by atoms with van der Waals surface area (Å²) in [7, 11) is 0. The van der Waals surface area contributed by atoms with Gasteiger partial charge in [0.25, 0.3) is 0 Å². The Labute approximate surface area is 98.5 Å². The van der Waals surface area contributed by atoms with Crippen LogP contribution in [-0.4, -0.2) is 11.1 Å². The van der Waals surface area contributed by atoms with Crippen molar-refractivity contribution in [2.75, 3.05) is 0 Å². The molecule has 1 aromatic rings. The minimum Gasteiger partial charge on any atom is -0.508 e. The molecule has 2 unspecified atom stereocenters. The minimum absolute atomic E-state index is 0.0440. The number of aromatic hydroxyl groups is 1. The summed E-state index contributed by atoms with van der Waals surface area (Å²) in [5.74, 6) is 0.676. The largest absolute Gasteiger partial charge is 0.508 e. The third-order valence-corrected chi connectivity index (χ3v) is 3.14. The molecule has 2 atom stereocenters. The number of hydrogen-bond donors (Lipinski definition) is 2. The number of benzene rings is 1. The molecule has 0 saturated heterocycles. The second kappa shape index (κ2) is 4.46. The average Bonchev–Trinajstić information content (AvgIpc) is 2.15. The molecular weight excluding hydrogens is 198 g/mol. The first kappa shape index (κ1) is 13.0. The molecule has 0 heterocycles. The number of phenols is 1. The first-order valence-corrected chi connectivity index (χ1v) is 5.82. The van der Waals surface area contributed by atoms with Crippen LogP contribution in [-0.2, 0) is 5.41 Å². The molecule has 0 radical (unpaired) electrons. The molecule has 0 saturated carbocycles. The van der Waals surface area contributed by atoms with Gasteiger partial charge in [-0.15, -0.1) is 0 Å². The normalized spacial score (nSPS) is 15.9. The molecule has 0 aliphatic rings. The van der Waals surface area contributed by atoms with Gasteiger partial charge in [-0.25, -0.2) is 0 Å². The van der Waals surface area contributed by atoms with Gasteiger partial charge in [0.1, 0.15) is 5.75 Å². The van der Waals surface area contributed by atoms with Crippen LogP contribution in [0.25, 0.3) is 0 Å². The Bertz CT molecular complexity index is 363. The van der Waals surface area contributed by atoms with Gasteiger partial charge in [-0.2, -0.15) is 0 Å². The molecule has 0 amide bonds. The maximum absolute atomic E-state index is 9.86. The van der Waals surface area contributed by atoms with Crippen LogP contribution in [0.2, 0.25) is 0 Å². The van der Waals surface area contributed by atoms with Crippen molar-refractivity contribution in [1.29, 1.82) is 0 Å². The second-order valence-corrected chi connectivity index (χ2v) is 5.67. The zero-order valence-corrected chi connectivity index (χ0v) is 10.9. The first-order chi connectivity index (χ1) is 7.23. The molecule has 1 rings (SSSR count). The van der Waals surface area contributed by atoms with Gasteiger partial charge in [0.2, 0.25) is 0 Å². The summed E-state index contributed by atoms with van der Waals surface area (Å²) in [4.78, 5) is 0. The van der Waals surface area contributed by atoms with E-state index in [2.05, 4.69) is 33.8 Å². The van der Waals surface area contributed by atoms with Gasteiger partial charge in [0.05, 0.1) is 0 Å². The second-order valence-electron chi connectivity index (χ2n) is 5.67. The lowest BCUT2D eigenvalue weighted by atomic mass is 9.83. The van der Waals surface area contributed by atoms with E-state index in [9.17, 15) is 5.11 Å². The number of phenolic OH excluding ortho intramolecular Hbond substituents is 1. The van der Waals surface area contributed by atoms with Crippen molar-refractivity contribution in [3.8, 4) is 5.75 Å². The summed E-state index contributed by atoms with van der Waals surface area (Å²) in [5, 5.41) is 9.86. The smallest absolute Gasteiger partial charge is 0.119 e. The van der Waals surface area contributed by atoms with Crippen molar-refractivity contribution >= 4 is 0 Å². The number of nitrogens with two attached hydrogens (primary N) is 1. The zero-order chi connectivity index (χ0) is 12.5. The summed E-state index contributed by atoms with van der Waals surface area (Å²) in [6.07, 6.45) is 0. The highest BCUT2D eigenvalue weighted by molar-refractivity contribution is 5.41. The molecule has 0 bridgehead atoms. The fourth-order valence-electron chi connectivity index (χ4n) is 1.74. The molecule has 16 heavy (non-hydrogen) atoms. The van der Waals surface area contributed by atoms with Crippen LogP contribution in [0.3, 0.4) is 0 Å². The quantitative estimate of drug-likeness (QED) is 0.806. The van der Waals surface area contributed by atoms with E-state index in [0.29, 0.717) is 11.7 Å². The van der Waals surface area contributed by atoms with Crippen LogP contribution >= 0.6 is 0 Å². The van der Waals surface area contributed by atoms with Crippen LogP contribution in [0.5, 0.6) is 5.75 Å². The lowest BCUT2D eigenvalue weighted by molar-refractivity contribution is 0.445. The number of rotatable bonds is 2. The van der Waals surface area contributed by atoms with E-state index in [4.69, 9.17) is 5.73 Å². The topological polar surface area (TPSA) is 46.2 Å². The fourth-order valence-corrected chi connectivity index (χ4v) is 1.74. The molecule has 0 aromatic heterocycles. The standard InChI is InChI=1S/C14H23NO/c1-9(10(2)15)11-6-7-13(16)12(8-11)14(3,4)5/h6-10,16H,15H2,1-5H3. The van der Waals surface area contributed by atoms with Crippen molar-refractivity contribution in [2.45, 2.75) is 52.0 Å². The third-order valence-electron chi connectivity index (χ3n) is 3.14. The van der Waals surface area contributed by atoms with E-state index in [1.807, 2.05) is 13.0 Å². The molecule has 0 spiro atoms. The average molecular weight is 221 g/mol. The minimum atomic E-state index is -0.0440. The summed E-state index contributed by atoms with van der Waals surface area (Å²) < 4.78 is 0. The lowest BCUT2D eigenvalue weighted by Crippen LogP contribution is -2.23. The van der Waals surface area contributed by atoms with Crippen molar-refractivity contribution < 1.29 is 5.11 Å². The van der Waals surface area contributed by atoms with Crippen LogP contribution in [0.15, 0.2) is 18.2 Å². The highest BCUT2D eigenvalue weighted by Crippen LogP contribution is 2.33. The zero-order valence-electron chi connectivity index (χ0n) is 10.9. The van der Waals surface area contributed by atoms with E-state index in [1.54, 1.807) is 6.07 Å². The van der Waals surface area contributed by atoms with E-state index in [-0.39, 0.29) is 11.5 Å². The highest BCUT2D eigenvalue weighted by atomic mass is 16.3. The Morgan fingerprint density at radius 2 is 1.75 bits per heavy atom. The van der Waals surface area contributed by atoms with E-state index >= 15 is 0 Å². The predicted molar refractivity (Wildman–Crippen MR) is 68.9 cm³/mol. The Morgan fingerprint density at radius 3 is 2.19 bits per heavy atom. The van der Waals surface area contributed by atoms with Crippen LogP contribution in [0.4, 0.5) is 0 Å². The van der Waals surface area contributed by atoms with E-state index in [0.717, 1.165) is 5.56 Å². The van der Waals surface area contributed by atoms with Crippen molar-refractivity contribution in [3.63, 3.8) is 0 Å². The maximum atomic E-state index is 9.86. The van der Waals surface area contributed by atoms with Crippen LogP contribution in [0, 0.1) is 0 Å². The molecule has 90 valence electrons. The summed E-state index contributed by atoms with van der Waals surface area (Å²) in [6, 6.07) is 5.92. The van der Waals surface area contributed by atoms with Gasteiger partial charge in [-0.05, 0) is 35.4 Å². The molecular formula is C14H23NO. The third kappa shape index (κ3) is 2.76. The monoisotopic (exact) mass is 221 g/mol. The molecule has 2 nitrogen and oxygen atoms in total. The van der Waals surface area contributed by atoms with E-state index < -0.39 is 0 Å². The van der Waals surface area contributed by atoms with Crippen LogP contribution in [0.1, 0.15) is 51.7 Å². The van der Waals surface area contributed by atoms with Crippen molar-refractivity contribution in [2.24, 2.45) is 5.73 Å². The van der Waals surface area contributed by atoms with Gasteiger partial charge in [0.15, 0.2) is 0 Å². The SMILES string of the molecule is CC(N)C(C)c1ccc(O)c(C(C)(C)C)c1. The Balaban J connectivity index is 3.18. The van der Waals surface area contributed by atoms with Gasteiger partial charge in [-0.1, -0.05) is 39.8 Å². The predicted octanol–water partition coefficient (Wildman–Crippen LogP) is 3.14. The molecule has 2 heteroatoms. The van der Waals surface area contributed by atoms with Gasteiger partial charge in [0, 0.05) is 6.04 Å². The molecule has 3 N–H and O–H groups in total. The summed E-state index contributed by atoms with van der Waals surface area (Å²) >= 11 is 0.